The van der Waals surface area contributed by atoms with Crippen LogP contribution in [0.1, 0.15) is 5.56 Å². The molecule has 0 atom stereocenters. The van der Waals surface area contributed by atoms with Crippen molar-refractivity contribution in [1.82, 2.24) is 19.8 Å². The number of H-pyrrole nitrogens is 1. The SMILES string of the molecule is Cc1cccc2[nH]c(=S)n(CCNC(=O)N(C)C)c12. The van der Waals surface area contributed by atoms with Gasteiger partial charge >= 0.3 is 6.03 Å². The number of nitrogens with one attached hydrogen (secondary N) is 2. The Labute approximate surface area is 117 Å². The number of benzene rings is 1. The highest BCUT2D eigenvalue weighted by Gasteiger charge is 2.07. The molecule has 0 unspecified atom stereocenters. The van der Waals surface area contributed by atoms with Gasteiger partial charge in [0.2, 0.25) is 0 Å². The van der Waals surface area contributed by atoms with Crippen molar-refractivity contribution in [3.8, 4) is 0 Å². The van der Waals surface area contributed by atoms with E-state index in [4.69, 9.17) is 12.2 Å². The molecule has 102 valence electrons. The topological polar surface area (TPSA) is 53.1 Å². The van der Waals surface area contributed by atoms with Crippen LogP contribution >= 0.6 is 12.2 Å². The number of amides is 2. The molecule has 19 heavy (non-hydrogen) atoms. The number of aryl methyl sites for hydroxylation is 1. The maximum Gasteiger partial charge on any atom is 0.316 e. The summed E-state index contributed by atoms with van der Waals surface area (Å²) in [4.78, 5) is 16.2. The second-order valence-electron chi connectivity index (χ2n) is 4.68. The molecule has 6 heteroatoms. The molecule has 1 heterocycles. The van der Waals surface area contributed by atoms with Crippen LogP contribution in [-0.4, -0.2) is 41.1 Å². The number of hydrogen-bond acceptors (Lipinski definition) is 2. The van der Waals surface area contributed by atoms with E-state index in [1.54, 1.807) is 14.1 Å². The molecule has 0 saturated carbocycles. The van der Waals surface area contributed by atoms with Gasteiger partial charge in [-0.25, -0.2) is 4.79 Å². The largest absolute Gasteiger partial charge is 0.336 e. The predicted molar refractivity (Wildman–Crippen MR) is 78.9 cm³/mol. The minimum atomic E-state index is -0.0944. The summed E-state index contributed by atoms with van der Waals surface area (Å²) < 4.78 is 2.71. The van der Waals surface area contributed by atoms with Gasteiger partial charge in [-0.1, -0.05) is 12.1 Å². The lowest BCUT2D eigenvalue weighted by molar-refractivity contribution is 0.217. The van der Waals surface area contributed by atoms with Crippen molar-refractivity contribution < 1.29 is 4.79 Å². The lowest BCUT2D eigenvalue weighted by Gasteiger charge is -2.12. The van der Waals surface area contributed by atoms with Crippen molar-refractivity contribution >= 4 is 29.3 Å². The number of aromatic amines is 1. The molecule has 5 nitrogen and oxygen atoms in total. The summed E-state index contributed by atoms with van der Waals surface area (Å²) >= 11 is 5.33. The molecule has 2 N–H and O–H groups in total. The first kappa shape index (κ1) is 13.6. The van der Waals surface area contributed by atoms with E-state index in [1.807, 2.05) is 16.7 Å². The van der Waals surface area contributed by atoms with E-state index in [-0.39, 0.29) is 6.03 Å². The Bertz CT molecular complexity index is 656. The first-order chi connectivity index (χ1) is 9.00. The molecule has 0 bridgehead atoms. The number of hydrogen-bond donors (Lipinski definition) is 2. The van der Waals surface area contributed by atoms with Gasteiger partial charge < -0.3 is 19.8 Å². The molecule has 0 saturated heterocycles. The zero-order valence-corrected chi connectivity index (χ0v) is 12.2. The summed E-state index contributed by atoms with van der Waals surface area (Å²) in [6.07, 6.45) is 0. The van der Waals surface area contributed by atoms with Gasteiger partial charge in [0.05, 0.1) is 11.0 Å². The average Bonchev–Trinajstić information content (AvgIpc) is 2.67. The number of aromatic nitrogens is 2. The van der Waals surface area contributed by atoms with Gasteiger partial charge in [-0.2, -0.15) is 0 Å². The van der Waals surface area contributed by atoms with E-state index < -0.39 is 0 Å². The van der Waals surface area contributed by atoms with Crippen molar-refractivity contribution in [3.63, 3.8) is 0 Å². The molecular formula is C13H18N4OS. The predicted octanol–water partition coefficient (Wildman–Crippen LogP) is 2.28. The quantitative estimate of drug-likeness (QED) is 0.846. The summed E-state index contributed by atoms with van der Waals surface area (Å²) in [5.41, 5.74) is 3.30. The zero-order chi connectivity index (χ0) is 14.0. The smallest absolute Gasteiger partial charge is 0.316 e. The molecule has 1 aromatic carbocycles. The Balaban J connectivity index is 2.19. The van der Waals surface area contributed by atoms with Crippen LogP contribution in [-0.2, 0) is 6.54 Å². The van der Waals surface area contributed by atoms with E-state index in [9.17, 15) is 4.79 Å². The number of rotatable bonds is 3. The van der Waals surface area contributed by atoms with Crippen LogP contribution in [0.3, 0.4) is 0 Å². The van der Waals surface area contributed by atoms with E-state index in [1.165, 1.54) is 10.5 Å². The lowest BCUT2D eigenvalue weighted by atomic mass is 10.2. The van der Waals surface area contributed by atoms with Crippen molar-refractivity contribution in [2.75, 3.05) is 20.6 Å². The molecule has 0 aliphatic carbocycles. The third-order valence-corrected chi connectivity index (χ3v) is 3.33. The van der Waals surface area contributed by atoms with Crippen molar-refractivity contribution in [3.05, 3.63) is 28.5 Å². The van der Waals surface area contributed by atoms with Gasteiger partial charge in [-0.05, 0) is 30.8 Å². The summed E-state index contributed by atoms with van der Waals surface area (Å²) in [5, 5.41) is 2.84. The van der Waals surface area contributed by atoms with Crippen LogP contribution in [0.15, 0.2) is 18.2 Å². The number of fused-ring (bicyclic) bond motifs is 1. The fourth-order valence-corrected chi connectivity index (χ4v) is 2.34. The monoisotopic (exact) mass is 278 g/mol. The van der Waals surface area contributed by atoms with E-state index >= 15 is 0 Å². The number of carbonyl (C=O) groups is 1. The normalized spacial score (nSPS) is 10.7. The molecule has 2 amide bonds. The second-order valence-corrected chi connectivity index (χ2v) is 5.07. The van der Waals surface area contributed by atoms with Gasteiger partial charge in [-0.15, -0.1) is 0 Å². The Morgan fingerprint density at radius 2 is 2.21 bits per heavy atom. The number of urea groups is 1. The lowest BCUT2D eigenvalue weighted by Crippen LogP contribution is -2.36. The Morgan fingerprint density at radius 1 is 1.47 bits per heavy atom. The third-order valence-electron chi connectivity index (χ3n) is 3.01. The average molecular weight is 278 g/mol. The highest BCUT2D eigenvalue weighted by Crippen LogP contribution is 2.17. The fraction of sp³-hybridized carbons (Fsp3) is 0.385. The molecule has 0 fully saturated rings. The maximum atomic E-state index is 11.5. The molecule has 0 spiro atoms. The molecule has 2 aromatic rings. The zero-order valence-electron chi connectivity index (χ0n) is 11.4. The van der Waals surface area contributed by atoms with Crippen molar-refractivity contribution in [1.29, 1.82) is 0 Å². The second kappa shape index (κ2) is 5.44. The van der Waals surface area contributed by atoms with Crippen LogP contribution in [0, 0.1) is 11.7 Å². The number of carbonyl (C=O) groups excluding carboxylic acids is 1. The standard InChI is InChI=1S/C13H18N4OS/c1-9-5-4-6-10-11(9)17(13(19)15-10)8-7-14-12(18)16(2)3/h4-6H,7-8H2,1-3H3,(H,14,18)(H,15,19). The first-order valence-corrected chi connectivity index (χ1v) is 6.55. The van der Waals surface area contributed by atoms with E-state index in [0.717, 1.165) is 11.0 Å². The van der Waals surface area contributed by atoms with Crippen LogP contribution < -0.4 is 5.32 Å². The Kier molecular flexibility index (Phi) is 3.90. The first-order valence-electron chi connectivity index (χ1n) is 6.14. The van der Waals surface area contributed by atoms with Crippen molar-refractivity contribution in [2.24, 2.45) is 0 Å². The Hall–Kier alpha value is -1.82. The summed E-state index contributed by atoms with van der Waals surface area (Å²) in [7, 11) is 3.44. The molecule has 1 aromatic heterocycles. The van der Waals surface area contributed by atoms with Crippen LogP contribution in [0.2, 0.25) is 0 Å². The summed E-state index contributed by atoms with van der Waals surface area (Å²) in [6, 6.07) is 5.97. The molecular weight excluding hydrogens is 260 g/mol. The van der Waals surface area contributed by atoms with Crippen LogP contribution in [0.5, 0.6) is 0 Å². The third kappa shape index (κ3) is 2.78. The van der Waals surface area contributed by atoms with Gasteiger partial charge in [0, 0.05) is 27.2 Å². The fourth-order valence-electron chi connectivity index (χ4n) is 2.05. The minimum absolute atomic E-state index is 0.0944. The minimum Gasteiger partial charge on any atom is -0.336 e. The highest BCUT2D eigenvalue weighted by molar-refractivity contribution is 7.71. The van der Waals surface area contributed by atoms with Gasteiger partial charge in [-0.3, -0.25) is 0 Å². The Morgan fingerprint density at radius 3 is 2.89 bits per heavy atom. The van der Waals surface area contributed by atoms with Crippen LogP contribution in [0.25, 0.3) is 11.0 Å². The highest BCUT2D eigenvalue weighted by atomic mass is 32.1. The van der Waals surface area contributed by atoms with E-state index in [0.29, 0.717) is 17.9 Å². The van der Waals surface area contributed by atoms with E-state index in [2.05, 4.69) is 23.3 Å². The van der Waals surface area contributed by atoms with Gasteiger partial charge in [0.25, 0.3) is 0 Å². The van der Waals surface area contributed by atoms with Crippen molar-refractivity contribution in [2.45, 2.75) is 13.5 Å². The van der Waals surface area contributed by atoms with Crippen LogP contribution in [0.4, 0.5) is 4.79 Å². The molecule has 0 radical (unpaired) electrons. The number of imidazole rings is 1. The summed E-state index contributed by atoms with van der Waals surface area (Å²) in [5.74, 6) is 0. The molecule has 2 rings (SSSR count). The maximum absolute atomic E-state index is 11.5. The molecule has 0 aliphatic rings. The number of para-hydroxylation sites is 1. The molecule has 0 aliphatic heterocycles. The number of nitrogens with zero attached hydrogens (tertiary/aromatic N) is 2. The van der Waals surface area contributed by atoms with Gasteiger partial charge in [0.15, 0.2) is 4.77 Å². The summed E-state index contributed by atoms with van der Waals surface area (Å²) in [6.45, 7) is 3.26. The van der Waals surface area contributed by atoms with Gasteiger partial charge in [0.1, 0.15) is 0 Å².